The number of amides is 1. The number of carbonyl (C=O) groups excluding carboxylic acids is 1. The van der Waals surface area contributed by atoms with Gasteiger partial charge in [0.15, 0.2) is 0 Å². The lowest BCUT2D eigenvalue weighted by molar-refractivity contribution is -0.385. The van der Waals surface area contributed by atoms with Gasteiger partial charge in [-0.2, -0.15) is 0 Å². The molecule has 1 heterocycles. The van der Waals surface area contributed by atoms with Crippen molar-refractivity contribution < 1.29 is 14.1 Å². The molecule has 2 N–H and O–H groups in total. The molecule has 2 rings (SSSR count). The maximum absolute atomic E-state index is 13.1. The molecule has 0 aliphatic carbocycles. The number of hydrogen-bond donors (Lipinski definition) is 1. The van der Waals surface area contributed by atoms with Crippen LogP contribution in [0.4, 0.5) is 10.1 Å². The normalized spacial score (nSPS) is 22.6. The summed E-state index contributed by atoms with van der Waals surface area (Å²) in [5.74, 6) is -1.18. The van der Waals surface area contributed by atoms with Crippen molar-refractivity contribution in [3.63, 3.8) is 0 Å². The van der Waals surface area contributed by atoms with Gasteiger partial charge in [-0.05, 0) is 31.9 Å². The molecule has 0 saturated carbocycles. The Bertz CT molecular complexity index is 550. The van der Waals surface area contributed by atoms with E-state index < -0.39 is 22.3 Å². The summed E-state index contributed by atoms with van der Waals surface area (Å²) in [5, 5.41) is 10.9. The number of nitro groups is 1. The van der Waals surface area contributed by atoms with E-state index in [9.17, 15) is 19.3 Å². The molecule has 0 radical (unpaired) electrons. The lowest BCUT2D eigenvalue weighted by Gasteiger charge is -2.36. The highest BCUT2D eigenvalue weighted by Crippen LogP contribution is 2.25. The van der Waals surface area contributed by atoms with Crippen LogP contribution in [-0.2, 0) is 0 Å². The molecule has 6 nitrogen and oxygen atoms in total. The van der Waals surface area contributed by atoms with E-state index >= 15 is 0 Å². The van der Waals surface area contributed by atoms with Crippen molar-refractivity contribution in [3.05, 3.63) is 39.7 Å². The third-order valence-corrected chi connectivity index (χ3v) is 3.56. The van der Waals surface area contributed by atoms with Crippen LogP contribution in [0.1, 0.15) is 30.1 Å². The van der Waals surface area contributed by atoms with E-state index in [2.05, 4.69) is 0 Å². The number of piperidine rings is 1. The number of carbonyl (C=O) groups is 1. The Morgan fingerprint density at radius 2 is 2.25 bits per heavy atom. The van der Waals surface area contributed by atoms with Gasteiger partial charge in [0, 0.05) is 18.6 Å². The van der Waals surface area contributed by atoms with Crippen LogP contribution in [0.25, 0.3) is 0 Å². The van der Waals surface area contributed by atoms with Crippen LogP contribution in [0, 0.1) is 15.9 Å². The molecule has 0 spiro atoms. The summed E-state index contributed by atoms with van der Waals surface area (Å²) in [4.78, 5) is 24.2. The summed E-state index contributed by atoms with van der Waals surface area (Å²) < 4.78 is 13.1. The summed E-state index contributed by atoms with van der Waals surface area (Å²) in [6.45, 7) is 2.31. The Hall–Kier alpha value is -2.02. The highest BCUT2D eigenvalue weighted by Gasteiger charge is 2.31. The Morgan fingerprint density at radius 1 is 1.55 bits per heavy atom. The maximum atomic E-state index is 13.1. The second-order valence-corrected chi connectivity index (χ2v) is 5.05. The fourth-order valence-corrected chi connectivity index (χ4v) is 2.50. The van der Waals surface area contributed by atoms with Gasteiger partial charge in [0.2, 0.25) is 0 Å². The molecule has 0 bridgehead atoms. The largest absolute Gasteiger partial charge is 0.336 e. The first-order valence-electron chi connectivity index (χ1n) is 6.40. The fourth-order valence-electron chi connectivity index (χ4n) is 2.50. The van der Waals surface area contributed by atoms with Crippen LogP contribution in [0.15, 0.2) is 18.2 Å². The first-order chi connectivity index (χ1) is 9.40. The molecule has 108 valence electrons. The number of likely N-dealkylation sites (tertiary alicyclic amines) is 1. The second kappa shape index (κ2) is 5.54. The van der Waals surface area contributed by atoms with Gasteiger partial charge in [-0.1, -0.05) is 0 Å². The van der Waals surface area contributed by atoms with Crippen molar-refractivity contribution in [1.82, 2.24) is 4.90 Å². The molecule has 2 unspecified atom stereocenters. The van der Waals surface area contributed by atoms with Crippen LogP contribution >= 0.6 is 0 Å². The molecular formula is C13H16FN3O3. The first-order valence-corrected chi connectivity index (χ1v) is 6.40. The van der Waals surface area contributed by atoms with E-state index in [1.165, 1.54) is 0 Å². The Labute approximate surface area is 115 Å². The molecule has 1 saturated heterocycles. The molecule has 1 aromatic rings. The van der Waals surface area contributed by atoms with Gasteiger partial charge in [0.1, 0.15) is 11.4 Å². The van der Waals surface area contributed by atoms with Gasteiger partial charge in [0.05, 0.1) is 11.0 Å². The van der Waals surface area contributed by atoms with Crippen LogP contribution in [0.2, 0.25) is 0 Å². The van der Waals surface area contributed by atoms with Crippen molar-refractivity contribution >= 4 is 11.6 Å². The number of nitrogens with zero attached hydrogens (tertiary/aromatic N) is 2. The van der Waals surface area contributed by atoms with Crippen LogP contribution in [-0.4, -0.2) is 34.4 Å². The van der Waals surface area contributed by atoms with E-state index in [0.717, 1.165) is 18.2 Å². The van der Waals surface area contributed by atoms with Gasteiger partial charge in [-0.25, -0.2) is 4.39 Å². The van der Waals surface area contributed by atoms with Gasteiger partial charge in [-0.15, -0.1) is 0 Å². The smallest absolute Gasteiger partial charge is 0.285 e. The van der Waals surface area contributed by atoms with Crippen molar-refractivity contribution in [2.75, 3.05) is 6.54 Å². The average Bonchev–Trinajstić information content (AvgIpc) is 2.37. The molecule has 7 heteroatoms. The number of halogens is 1. The fraction of sp³-hybridized carbons (Fsp3) is 0.462. The lowest BCUT2D eigenvalue weighted by Crippen LogP contribution is -2.48. The van der Waals surface area contributed by atoms with Crippen LogP contribution in [0.3, 0.4) is 0 Å². The van der Waals surface area contributed by atoms with Crippen molar-refractivity contribution in [1.29, 1.82) is 0 Å². The van der Waals surface area contributed by atoms with Crippen LogP contribution in [0.5, 0.6) is 0 Å². The third-order valence-electron chi connectivity index (χ3n) is 3.56. The molecule has 20 heavy (non-hydrogen) atoms. The number of nitrogens with two attached hydrogens (primary N) is 1. The molecule has 1 fully saturated rings. The standard InChI is InChI=1S/C13H16FN3O3/c1-8-6-10(15)4-5-16(8)13(18)11-3-2-9(14)7-12(11)17(19)20/h2-3,7-8,10H,4-6,15H2,1H3. The highest BCUT2D eigenvalue weighted by atomic mass is 19.1. The SMILES string of the molecule is CC1CC(N)CCN1C(=O)c1ccc(F)cc1[N+](=O)[O-]. The summed E-state index contributed by atoms with van der Waals surface area (Å²) in [7, 11) is 0. The van der Waals surface area contributed by atoms with E-state index in [1.54, 1.807) is 4.90 Å². The van der Waals surface area contributed by atoms with Crippen molar-refractivity contribution in [3.8, 4) is 0 Å². The molecule has 1 amide bonds. The second-order valence-electron chi connectivity index (χ2n) is 5.05. The van der Waals surface area contributed by atoms with E-state index in [1.807, 2.05) is 6.92 Å². The molecule has 1 aliphatic heterocycles. The Morgan fingerprint density at radius 3 is 2.85 bits per heavy atom. The zero-order valence-electron chi connectivity index (χ0n) is 11.1. The summed E-state index contributed by atoms with van der Waals surface area (Å²) in [6.07, 6.45) is 1.31. The van der Waals surface area contributed by atoms with Gasteiger partial charge < -0.3 is 10.6 Å². The topological polar surface area (TPSA) is 89.5 Å². The molecule has 0 aromatic heterocycles. The minimum absolute atomic E-state index is 0.0391. The maximum Gasteiger partial charge on any atom is 0.285 e. The predicted octanol–water partition coefficient (Wildman–Crippen LogP) is 1.69. The van der Waals surface area contributed by atoms with Gasteiger partial charge in [-0.3, -0.25) is 14.9 Å². The van der Waals surface area contributed by atoms with E-state index in [4.69, 9.17) is 5.73 Å². The average molecular weight is 281 g/mol. The summed E-state index contributed by atoms with van der Waals surface area (Å²) in [6, 6.07) is 2.94. The third kappa shape index (κ3) is 2.77. The zero-order valence-corrected chi connectivity index (χ0v) is 11.1. The molecule has 1 aliphatic rings. The zero-order chi connectivity index (χ0) is 14.9. The Balaban J connectivity index is 2.32. The highest BCUT2D eigenvalue weighted by molar-refractivity contribution is 5.98. The monoisotopic (exact) mass is 281 g/mol. The first kappa shape index (κ1) is 14.4. The quantitative estimate of drug-likeness (QED) is 0.659. The predicted molar refractivity (Wildman–Crippen MR) is 70.8 cm³/mol. The van der Waals surface area contributed by atoms with Gasteiger partial charge >= 0.3 is 0 Å². The van der Waals surface area contributed by atoms with E-state index in [0.29, 0.717) is 19.4 Å². The van der Waals surface area contributed by atoms with Crippen molar-refractivity contribution in [2.24, 2.45) is 5.73 Å². The van der Waals surface area contributed by atoms with E-state index in [-0.39, 0.29) is 17.6 Å². The number of nitro benzene ring substituents is 1. The summed E-state index contributed by atoms with van der Waals surface area (Å²) in [5.41, 5.74) is 5.24. The Kier molecular flexibility index (Phi) is 3.99. The van der Waals surface area contributed by atoms with Gasteiger partial charge in [0.25, 0.3) is 11.6 Å². The minimum Gasteiger partial charge on any atom is -0.336 e. The molecule has 2 atom stereocenters. The summed E-state index contributed by atoms with van der Waals surface area (Å²) >= 11 is 0. The van der Waals surface area contributed by atoms with Crippen molar-refractivity contribution in [2.45, 2.75) is 31.8 Å². The number of benzene rings is 1. The molecular weight excluding hydrogens is 265 g/mol. The number of rotatable bonds is 2. The van der Waals surface area contributed by atoms with Crippen LogP contribution < -0.4 is 5.73 Å². The number of hydrogen-bond acceptors (Lipinski definition) is 4. The minimum atomic E-state index is -0.739. The molecule has 1 aromatic carbocycles. The lowest BCUT2D eigenvalue weighted by atomic mass is 9.98.